The Morgan fingerprint density at radius 3 is 2.76 bits per heavy atom. The molecule has 1 heterocycles. The fourth-order valence-corrected chi connectivity index (χ4v) is 1.69. The number of amides is 1. The molecule has 7 heteroatoms. The van der Waals surface area contributed by atoms with Crippen molar-refractivity contribution >= 4 is 11.9 Å². The molecule has 2 aromatic rings. The molecule has 0 aliphatic rings. The van der Waals surface area contributed by atoms with Crippen LogP contribution >= 0.6 is 0 Å². The van der Waals surface area contributed by atoms with Crippen molar-refractivity contribution in [1.82, 2.24) is 15.5 Å². The van der Waals surface area contributed by atoms with E-state index in [9.17, 15) is 14.7 Å². The van der Waals surface area contributed by atoms with Crippen LogP contribution < -0.4 is 5.32 Å². The van der Waals surface area contributed by atoms with Gasteiger partial charge in [0.25, 0.3) is 5.91 Å². The second-order valence-corrected chi connectivity index (χ2v) is 4.63. The molecule has 1 aromatic carbocycles. The van der Waals surface area contributed by atoms with E-state index in [1.807, 2.05) is 0 Å². The largest absolute Gasteiger partial charge is 0.507 e. The number of carboxylic acid groups (broad SMARTS) is 1. The van der Waals surface area contributed by atoms with Crippen molar-refractivity contribution in [2.75, 3.05) is 6.54 Å². The molecule has 0 aliphatic heterocycles. The van der Waals surface area contributed by atoms with Gasteiger partial charge in [0.15, 0.2) is 0 Å². The summed E-state index contributed by atoms with van der Waals surface area (Å²) in [4.78, 5) is 22.5. The van der Waals surface area contributed by atoms with Crippen LogP contribution in [0.3, 0.4) is 0 Å². The van der Waals surface area contributed by atoms with Crippen LogP contribution in [0.15, 0.2) is 30.3 Å². The molecule has 0 radical (unpaired) electrons. The first kappa shape index (κ1) is 14.6. The Morgan fingerprint density at radius 2 is 2.10 bits per heavy atom. The third kappa shape index (κ3) is 3.38. The van der Waals surface area contributed by atoms with Crippen LogP contribution in [0.2, 0.25) is 0 Å². The molecule has 21 heavy (non-hydrogen) atoms. The maximum atomic E-state index is 11.9. The molecule has 2 rings (SSSR count). The third-order valence-corrected chi connectivity index (χ3v) is 2.99. The molecule has 7 nitrogen and oxygen atoms in total. The van der Waals surface area contributed by atoms with E-state index in [1.165, 1.54) is 19.1 Å². The van der Waals surface area contributed by atoms with Crippen LogP contribution in [0.4, 0.5) is 0 Å². The van der Waals surface area contributed by atoms with E-state index in [4.69, 9.17) is 5.11 Å². The Morgan fingerprint density at radius 1 is 1.38 bits per heavy atom. The fraction of sp³-hybridized carbons (Fsp3) is 0.214. The second-order valence-electron chi connectivity index (χ2n) is 4.63. The first-order chi connectivity index (χ1) is 9.99. The number of aliphatic carboxylic acids is 1. The van der Waals surface area contributed by atoms with Gasteiger partial charge in [0, 0.05) is 12.1 Å². The van der Waals surface area contributed by atoms with Crippen molar-refractivity contribution < 1.29 is 19.8 Å². The Bertz CT molecular complexity index is 666. The molecule has 0 bridgehead atoms. The van der Waals surface area contributed by atoms with Crippen molar-refractivity contribution in [2.24, 2.45) is 5.92 Å². The summed E-state index contributed by atoms with van der Waals surface area (Å²) in [6.45, 7) is 1.53. The Labute approximate surface area is 120 Å². The molecule has 4 N–H and O–H groups in total. The van der Waals surface area contributed by atoms with E-state index >= 15 is 0 Å². The quantitative estimate of drug-likeness (QED) is 0.661. The highest BCUT2D eigenvalue weighted by molar-refractivity contribution is 5.93. The number of aromatic amines is 1. The van der Waals surface area contributed by atoms with E-state index < -0.39 is 17.8 Å². The number of benzene rings is 1. The van der Waals surface area contributed by atoms with Crippen molar-refractivity contribution in [3.05, 3.63) is 36.0 Å². The number of H-pyrrole nitrogens is 1. The van der Waals surface area contributed by atoms with Crippen molar-refractivity contribution in [3.63, 3.8) is 0 Å². The molecular formula is C14H15N3O4. The van der Waals surface area contributed by atoms with Crippen LogP contribution in [0.1, 0.15) is 17.4 Å². The van der Waals surface area contributed by atoms with Crippen molar-refractivity contribution in [1.29, 1.82) is 0 Å². The SMILES string of the molecule is CC(CNC(=O)c1cc(-c2ccccc2O)n[nH]1)C(=O)O. The van der Waals surface area contributed by atoms with Crippen LogP contribution in [0.25, 0.3) is 11.3 Å². The van der Waals surface area contributed by atoms with Crippen LogP contribution in [0.5, 0.6) is 5.75 Å². The Kier molecular flexibility index (Phi) is 4.22. The normalized spacial score (nSPS) is 11.9. The number of nitrogens with zero attached hydrogens (tertiary/aromatic N) is 1. The highest BCUT2D eigenvalue weighted by Gasteiger charge is 2.16. The topological polar surface area (TPSA) is 115 Å². The monoisotopic (exact) mass is 289 g/mol. The molecule has 1 atom stereocenters. The Hall–Kier alpha value is -2.83. The lowest BCUT2D eigenvalue weighted by molar-refractivity contribution is -0.140. The lowest BCUT2D eigenvalue weighted by Crippen LogP contribution is -2.31. The predicted molar refractivity (Wildman–Crippen MR) is 74.8 cm³/mol. The molecule has 1 unspecified atom stereocenters. The molecule has 1 amide bonds. The van der Waals surface area contributed by atoms with E-state index in [-0.39, 0.29) is 18.0 Å². The number of carbonyl (C=O) groups is 2. The van der Waals surface area contributed by atoms with Gasteiger partial charge in [0.1, 0.15) is 11.4 Å². The number of phenols is 1. The molecule has 0 saturated heterocycles. The number of nitrogens with one attached hydrogen (secondary N) is 2. The molecule has 110 valence electrons. The number of phenolic OH excluding ortho intramolecular Hbond substituents is 1. The number of hydrogen-bond donors (Lipinski definition) is 4. The van der Waals surface area contributed by atoms with E-state index in [0.717, 1.165) is 0 Å². The highest BCUT2D eigenvalue weighted by atomic mass is 16.4. The summed E-state index contributed by atoms with van der Waals surface area (Å²) in [7, 11) is 0. The average Bonchev–Trinajstić information content (AvgIpc) is 2.94. The van der Waals surface area contributed by atoms with Gasteiger partial charge in [-0.3, -0.25) is 14.7 Å². The van der Waals surface area contributed by atoms with Gasteiger partial charge in [-0.25, -0.2) is 0 Å². The summed E-state index contributed by atoms with van der Waals surface area (Å²) < 4.78 is 0. The van der Waals surface area contributed by atoms with E-state index in [2.05, 4.69) is 15.5 Å². The van der Waals surface area contributed by atoms with Gasteiger partial charge in [-0.15, -0.1) is 0 Å². The number of carboxylic acids is 1. The third-order valence-electron chi connectivity index (χ3n) is 2.99. The molecule has 0 aliphatic carbocycles. The predicted octanol–water partition coefficient (Wildman–Crippen LogP) is 1.23. The number of aromatic nitrogens is 2. The average molecular weight is 289 g/mol. The molecule has 0 fully saturated rings. The lowest BCUT2D eigenvalue weighted by atomic mass is 10.1. The van der Waals surface area contributed by atoms with E-state index in [0.29, 0.717) is 11.3 Å². The Balaban J connectivity index is 2.08. The summed E-state index contributed by atoms with van der Waals surface area (Å²) in [5.74, 6) is -2.03. The maximum Gasteiger partial charge on any atom is 0.308 e. The first-order valence-electron chi connectivity index (χ1n) is 6.34. The minimum atomic E-state index is -0.977. The van der Waals surface area contributed by atoms with Gasteiger partial charge in [0.05, 0.1) is 11.6 Å². The number of para-hydroxylation sites is 1. The second kappa shape index (κ2) is 6.08. The zero-order valence-electron chi connectivity index (χ0n) is 11.3. The fourth-order valence-electron chi connectivity index (χ4n) is 1.69. The van der Waals surface area contributed by atoms with Gasteiger partial charge < -0.3 is 15.5 Å². The van der Waals surface area contributed by atoms with Gasteiger partial charge in [-0.2, -0.15) is 5.10 Å². The van der Waals surface area contributed by atoms with Crippen LogP contribution in [-0.4, -0.2) is 38.8 Å². The summed E-state index contributed by atoms with van der Waals surface area (Å²) in [5.41, 5.74) is 1.14. The summed E-state index contributed by atoms with van der Waals surface area (Å²) in [6.07, 6.45) is 0. The zero-order valence-corrected chi connectivity index (χ0v) is 11.3. The van der Waals surface area contributed by atoms with Gasteiger partial charge >= 0.3 is 5.97 Å². The van der Waals surface area contributed by atoms with Crippen molar-refractivity contribution in [2.45, 2.75) is 6.92 Å². The van der Waals surface area contributed by atoms with Gasteiger partial charge in [-0.1, -0.05) is 19.1 Å². The number of rotatable bonds is 5. The lowest BCUT2D eigenvalue weighted by Gasteiger charge is -2.06. The molecule has 1 aromatic heterocycles. The zero-order chi connectivity index (χ0) is 15.4. The highest BCUT2D eigenvalue weighted by Crippen LogP contribution is 2.27. The number of aromatic hydroxyl groups is 1. The van der Waals surface area contributed by atoms with E-state index in [1.54, 1.807) is 18.2 Å². The smallest absolute Gasteiger partial charge is 0.308 e. The molecule has 0 saturated carbocycles. The summed E-state index contributed by atoms with van der Waals surface area (Å²) in [5, 5.41) is 27.5. The van der Waals surface area contributed by atoms with Gasteiger partial charge in [-0.05, 0) is 18.2 Å². The molecular weight excluding hydrogens is 274 g/mol. The standard InChI is InChI=1S/C14H15N3O4/c1-8(14(20)21)7-15-13(19)11-6-10(16-17-11)9-4-2-3-5-12(9)18/h2-6,8,18H,7H2,1H3,(H,15,19)(H,16,17)(H,20,21). The first-order valence-corrected chi connectivity index (χ1v) is 6.34. The molecule has 0 spiro atoms. The van der Waals surface area contributed by atoms with Crippen LogP contribution in [-0.2, 0) is 4.79 Å². The number of hydrogen-bond acceptors (Lipinski definition) is 4. The van der Waals surface area contributed by atoms with Crippen LogP contribution in [0, 0.1) is 5.92 Å². The maximum absolute atomic E-state index is 11.9. The van der Waals surface area contributed by atoms with Crippen molar-refractivity contribution in [3.8, 4) is 17.0 Å². The minimum absolute atomic E-state index is 0.0269. The van der Waals surface area contributed by atoms with Gasteiger partial charge in [0.2, 0.25) is 0 Å². The summed E-state index contributed by atoms with van der Waals surface area (Å²) >= 11 is 0. The minimum Gasteiger partial charge on any atom is -0.507 e. The number of carbonyl (C=O) groups excluding carboxylic acids is 1. The summed E-state index contributed by atoms with van der Waals surface area (Å²) in [6, 6.07) is 8.14.